The fraction of sp³-hybridized carbons (Fsp3) is 0.545. The smallest absolute Gasteiger partial charge is 0.251 e. The van der Waals surface area contributed by atoms with E-state index in [0.29, 0.717) is 17.7 Å². The molecule has 1 saturated carbocycles. The second-order valence-electron chi connectivity index (χ2n) is 7.50. The van der Waals surface area contributed by atoms with Crippen LogP contribution in [0.25, 0.3) is 0 Å². The summed E-state index contributed by atoms with van der Waals surface area (Å²) in [7, 11) is 0. The number of rotatable bonds is 6. The highest BCUT2D eigenvalue weighted by atomic mass is 16.2. The third-order valence-corrected chi connectivity index (χ3v) is 5.44. The molecule has 0 heterocycles. The minimum Gasteiger partial charge on any atom is -0.352 e. The molecule has 0 radical (unpaired) electrons. The van der Waals surface area contributed by atoms with Crippen LogP contribution in [0.5, 0.6) is 0 Å². The summed E-state index contributed by atoms with van der Waals surface area (Å²) in [6.07, 6.45) is 13.9. The second kappa shape index (κ2) is 9.56. The van der Waals surface area contributed by atoms with E-state index in [4.69, 9.17) is 0 Å². The Morgan fingerprint density at radius 1 is 0.962 bits per heavy atom. The molecule has 2 aliphatic carbocycles. The Labute approximate surface area is 156 Å². The average molecular weight is 354 g/mol. The Hall–Kier alpha value is -2.10. The van der Waals surface area contributed by atoms with Gasteiger partial charge in [0.25, 0.3) is 11.8 Å². The average Bonchev–Trinajstić information content (AvgIpc) is 2.69. The number of allylic oxidation sites excluding steroid dienone is 1. The molecule has 1 aromatic rings. The van der Waals surface area contributed by atoms with Crippen molar-refractivity contribution in [2.24, 2.45) is 0 Å². The predicted octanol–water partition coefficient (Wildman–Crippen LogP) is 4.37. The summed E-state index contributed by atoms with van der Waals surface area (Å²) >= 11 is 0. The number of carbonyl (C=O) groups is 2. The molecule has 2 amide bonds. The van der Waals surface area contributed by atoms with Gasteiger partial charge in [-0.3, -0.25) is 9.59 Å². The number of benzene rings is 1. The highest BCUT2D eigenvalue weighted by molar-refractivity contribution is 5.99. The van der Waals surface area contributed by atoms with Gasteiger partial charge in [-0.2, -0.15) is 0 Å². The Kier molecular flexibility index (Phi) is 6.87. The van der Waals surface area contributed by atoms with E-state index in [9.17, 15) is 9.59 Å². The van der Waals surface area contributed by atoms with Crippen molar-refractivity contribution in [2.75, 3.05) is 6.54 Å². The van der Waals surface area contributed by atoms with Crippen molar-refractivity contribution in [3.05, 3.63) is 47.0 Å². The quantitative estimate of drug-likeness (QED) is 0.745. The van der Waals surface area contributed by atoms with E-state index in [2.05, 4.69) is 16.7 Å². The maximum absolute atomic E-state index is 12.5. The van der Waals surface area contributed by atoms with Gasteiger partial charge in [-0.25, -0.2) is 0 Å². The molecule has 2 aliphatic rings. The Balaban J connectivity index is 1.51. The maximum atomic E-state index is 12.5. The first kappa shape index (κ1) is 18.7. The molecule has 0 bridgehead atoms. The molecule has 1 aromatic carbocycles. The van der Waals surface area contributed by atoms with E-state index in [0.717, 1.165) is 25.7 Å². The molecule has 0 spiro atoms. The SMILES string of the molecule is O=C(NCCC1=CCCCC1)c1cccc(C(=O)NC2CCCCC2)c1. The summed E-state index contributed by atoms with van der Waals surface area (Å²) in [6.45, 7) is 0.656. The summed E-state index contributed by atoms with van der Waals surface area (Å²) < 4.78 is 0. The van der Waals surface area contributed by atoms with Gasteiger partial charge in [0.05, 0.1) is 0 Å². The zero-order valence-electron chi connectivity index (χ0n) is 15.6. The van der Waals surface area contributed by atoms with E-state index in [-0.39, 0.29) is 17.9 Å². The van der Waals surface area contributed by atoms with Gasteiger partial charge in [-0.15, -0.1) is 0 Å². The zero-order chi connectivity index (χ0) is 18.2. The number of hydrogen-bond acceptors (Lipinski definition) is 2. The molecule has 4 heteroatoms. The molecule has 0 aliphatic heterocycles. The fourth-order valence-electron chi connectivity index (χ4n) is 3.89. The van der Waals surface area contributed by atoms with Crippen molar-refractivity contribution in [3.8, 4) is 0 Å². The molecule has 2 N–H and O–H groups in total. The van der Waals surface area contributed by atoms with Crippen LogP contribution in [0.3, 0.4) is 0 Å². The first-order valence-corrected chi connectivity index (χ1v) is 10.1. The van der Waals surface area contributed by atoms with E-state index >= 15 is 0 Å². The van der Waals surface area contributed by atoms with E-state index in [1.54, 1.807) is 24.3 Å². The molecule has 0 unspecified atom stereocenters. The standard InChI is InChI=1S/C22H30N2O2/c25-21(23-15-14-17-8-3-1-4-9-17)18-10-7-11-19(16-18)22(26)24-20-12-5-2-6-13-20/h7-8,10-11,16,20H,1-6,9,12-15H2,(H,23,25)(H,24,26). The van der Waals surface area contributed by atoms with Crippen molar-refractivity contribution in [3.63, 3.8) is 0 Å². The van der Waals surface area contributed by atoms with Gasteiger partial charge in [0.2, 0.25) is 0 Å². The van der Waals surface area contributed by atoms with Crippen molar-refractivity contribution in [1.29, 1.82) is 0 Å². The van der Waals surface area contributed by atoms with Crippen molar-refractivity contribution < 1.29 is 9.59 Å². The lowest BCUT2D eigenvalue weighted by molar-refractivity contribution is 0.0927. The first-order valence-electron chi connectivity index (χ1n) is 10.1. The highest BCUT2D eigenvalue weighted by Gasteiger charge is 2.17. The van der Waals surface area contributed by atoms with Crippen LogP contribution >= 0.6 is 0 Å². The first-order chi connectivity index (χ1) is 12.7. The molecular weight excluding hydrogens is 324 g/mol. The summed E-state index contributed by atoms with van der Waals surface area (Å²) in [4.78, 5) is 24.8. The van der Waals surface area contributed by atoms with Gasteiger partial charge in [0, 0.05) is 23.7 Å². The van der Waals surface area contributed by atoms with Crippen molar-refractivity contribution in [2.45, 2.75) is 70.3 Å². The van der Waals surface area contributed by atoms with Gasteiger partial charge in [-0.1, -0.05) is 37.0 Å². The zero-order valence-corrected chi connectivity index (χ0v) is 15.6. The molecule has 0 atom stereocenters. The molecule has 26 heavy (non-hydrogen) atoms. The lowest BCUT2D eigenvalue weighted by Gasteiger charge is -2.22. The third-order valence-electron chi connectivity index (χ3n) is 5.44. The fourth-order valence-corrected chi connectivity index (χ4v) is 3.89. The van der Waals surface area contributed by atoms with Gasteiger partial charge < -0.3 is 10.6 Å². The maximum Gasteiger partial charge on any atom is 0.251 e. The topological polar surface area (TPSA) is 58.2 Å². The van der Waals surface area contributed by atoms with Crippen LogP contribution in [-0.4, -0.2) is 24.4 Å². The molecule has 140 valence electrons. The van der Waals surface area contributed by atoms with Crippen LogP contribution in [0.1, 0.15) is 84.9 Å². The van der Waals surface area contributed by atoms with Gasteiger partial charge in [0.1, 0.15) is 0 Å². The van der Waals surface area contributed by atoms with Crippen molar-refractivity contribution in [1.82, 2.24) is 10.6 Å². The largest absolute Gasteiger partial charge is 0.352 e. The van der Waals surface area contributed by atoms with Crippen LogP contribution in [0.4, 0.5) is 0 Å². The third kappa shape index (κ3) is 5.45. The summed E-state index contributed by atoms with van der Waals surface area (Å²) in [5.74, 6) is -0.173. The summed E-state index contributed by atoms with van der Waals surface area (Å²) in [6, 6.07) is 7.31. The number of amides is 2. The second-order valence-corrected chi connectivity index (χ2v) is 7.50. The van der Waals surface area contributed by atoms with Crippen LogP contribution in [0, 0.1) is 0 Å². The van der Waals surface area contributed by atoms with Crippen LogP contribution in [-0.2, 0) is 0 Å². The Bertz CT molecular complexity index is 660. The minimum atomic E-state index is -0.103. The number of carbonyl (C=O) groups excluding carboxylic acids is 2. The van der Waals surface area contributed by atoms with E-state index in [1.165, 1.54) is 44.1 Å². The summed E-state index contributed by atoms with van der Waals surface area (Å²) in [5, 5.41) is 6.09. The Morgan fingerprint density at radius 3 is 2.46 bits per heavy atom. The minimum absolute atomic E-state index is 0.0705. The van der Waals surface area contributed by atoms with Crippen LogP contribution in [0.2, 0.25) is 0 Å². The highest BCUT2D eigenvalue weighted by Crippen LogP contribution is 2.20. The molecule has 3 rings (SSSR count). The number of hydrogen-bond donors (Lipinski definition) is 2. The molecule has 4 nitrogen and oxygen atoms in total. The van der Waals surface area contributed by atoms with Crippen LogP contribution < -0.4 is 10.6 Å². The summed E-state index contributed by atoms with van der Waals surface area (Å²) in [5.41, 5.74) is 2.58. The lowest BCUT2D eigenvalue weighted by Crippen LogP contribution is -2.36. The molecular formula is C22H30N2O2. The molecule has 1 fully saturated rings. The normalized spacial score (nSPS) is 18.1. The molecule has 0 saturated heterocycles. The monoisotopic (exact) mass is 354 g/mol. The molecule has 0 aromatic heterocycles. The van der Waals surface area contributed by atoms with Gasteiger partial charge in [0.15, 0.2) is 0 Å². The van der Waals surface area contributed by atoms with E-state index < -0.39 is 0 Å². The Morgan fingerprint density at radius 2 is 1.73 bits per heavy atom. The number of nitrogens with one attached hydrogen (secondary N) is 2. The van der Waals surface area contributed by atoms with Crippen molar-refractivity contribution >= 4 is 11.8 Å². The van der Waals surface area contributed by atoms with Gasteiger partial charge in [-0.05, 0) is 63.1 Å². The lowest BCUT2D eigenvalue weighted by atomic mass is 9.95. The van der Waals surface area contributed by atoms with Gasteiger partial charge >= 0.3 is 0 Å². The predicted molar refractivity (Wildman–Crippen MR) is 104 cm³/mol. The van der Waals surface area contributed by atoms with E-state index in [1.807, 2.05) is 0 Å². The van der Waals surface area contributed by atoms with Crippen LogP contribution in [0.15, 0.2) is 35.9 Å².